The molecule has 0 saturated carbocycles. The summed E-state index contributed by atoms with van der Waals surface area (Å²) in [7, 11) is 0. The maximum Gasteiger partial charge on any atom is 0.293 e. The Hall–Kier alpha value is -3.68. The zero-order chi connectivity index (χ0) is 20.8. The molecular formula is C21H23N5O3. The number of hydrogen-bond donors (Lipinski definition) is 2. The molecule has 1 amide bonds. The molecular weight excluding hydrogens is 370 g/mol. The molecule has 2 N–H and O–H groups in total. The molecule has 1 heterocycles. The fraction of sp³-hybridized carbons (Fsp3) is 0.238. The molecule has 0 radical (unpaired) electrons. The zero-order valence-corrected chi connectivity index (χ0v) is 16.3. The van der Waals surface area contributed by atoms with Crippen LogP contribution in [0.4, 0.5) is 11.4 Å². The van der Waals surface area contributed by atoms with Gasteiger partial charge in [0.15, 0.2) is 0 Å². The number of amides is 1. The van der Waals surface area contributed by atoms with Crippen LogP contribution in [0.5, 0.6) is 0 Å². The number of nitro benzene ring substituents is 1. The van der Waals surface area contributed by atoms with E-state index in [-0.39, 0.29) is 23.2 Å². The van der Waals surface area contributed by atoms with Crippen LogP contribution < -0.4 is 10.6 Å². The quantitative estimate of drug-likeness (QED) is 0.450. The van der Waals surface area contributed by atoms with Crippen LogP contribution in [0, 0.1) is 10.1 Å². The topological polar surface area (TPSA) is 102 Å². The lowest BCUT2D eigenvalue weighted by Crippen LogP contribution is -2.30. The van der Waals surface area contributed by atoms with E-state index in [2.05, 4.69) is 15.7 Å². The second kappa shape index (κ2) is 9.01. The molecule has 0 atom stereocenters. The number of nitrogens with one attached hydrogen (secondary N) is 2. The summed E-state index contributed by atoms with van der Waals surface area (Å²) in [4.78, 5) is 23.0. The highest BCUT2D eigenvalue weighted by atomic mass is 16.6. The van der Waals surface area contributed by atoms with E-state index in [1.165, 1.54) is 6.07 Å². The van der Waals surface area contributed by atoms with Crippen LogP contribution in [0.3, 0.4) is 0 Å². The third kappa shape index (κ3) is 5.19. The number of carbonyl (C=O) groups excluding carboxylic acids is 1. The van der Waals surface area contributed by atoms with Gasteiger partial charge >= 0.3 is 0 Å². The van der Waals surface area contributed by atoms with Crippen LogP contribution >= 0.6 is 0 Å². The molecule has 0 unspecified atom stereocenters. The monoisotopic (exact) mass is 393 g/mol. The Kier molecular flexibility index (Phi) is 6.23. The smallest absolute Gasteiger partial charge is 0.293 e. The van der Waals surface area contributed by atoms with Gasteiger partial charge in [0.25, 0.3) is 11.6 Å². The number of rotatable bonds is 8. The van der Waals surface area contributed by atoms with Gasteiger partial charge in [0.1, 0.15) is 5.69 Å². The Morgan fingerprint density at radius 2 is 1.97 bits per heavy atom. The summed E-state index contributed by atoms with van der Waals surface area (Å²) in [5.74, 6) is -0.327. The molecule has 0 aliphatic carbocycles. The molecule has 8 heteroatoms. The van der Waals surface area contributed by atoms with Crippen molar-refractivity contribution in [2.45, 2.75) is 26.3 Å². The number of aromatic nitrogens is 2. The number of benzene rings is 2. The van der Waals surface area contributed by atoms with Gasteiger partial charge in [-0.3, -0.25) is 14.9 Å². The van der Waals surface area contributed by atoms with Crippen molar-refractivity contribution in [1.82, 2.24) is 15.1 Å². The summed E-state index contributed by atoms with van der Waals surface area (Å²) < 4.78 is 1.78. The molecule has 0 fully saturated rings. The molecule has 0 aliphatic rings. The predicted molar refractivity (Wildman–Crippen MR) is 111 cm³/mol. The molecule has 3 aromatic rings. The Balaban J connectivity index is 1.64. The highest BCUT2D eigenvalue weighted by Gasteiger charge is 2.17. The third-order valence-corrected chi connectivity index (χ3v) is 4.31. The first kappa shape index (κ1) is 20.1. The minimum Gasteiger partial charge on any atom is -0.379 e. The molecule has 0 saturated heterocycles. The Morgan fingerprint density at radius 1 is 1.21 bits per heavy atom. The maximum absolute atomic E-state index is 12.1. The minimum absolute atomic E-state index is 0.0426. The SMILES string of the molecule is CC(C)NC(=O)c1ccc(NCCc2ccc(-n3cccn3)cc2)c([N+](=O)[O-])c1. The first-order chi connectivity index (χ1) is 13.9. The van der Waals surface area contributed by atoms with E-state index < -0.39 is 4.92 Å². The van der Waals surface area contributed by atoms with Crippen molar-refractivity contribution in [3.8, 4) is 5.69 Å². The highest BCUT2D eigenvalue weighted by Crippen LogP contribution is 2.25. The van der Waals surface area contributed by atoms with Crippen LogP contribution in [-0.2, 0) is 6.42 Å². The summed E-state index contributed by atoms with van der Waals surface area (Å²) in [5, 5.41) is 21.5. The van der Waals surface area contributed by atoms with E-state index in [4.69, 9.17) is 0 Å². The molecule has 0 spiro atoms. The van der Waals surface area contributed by atoms with Gasteiger partial charge in [0, 0.05) is 36.6 Å². The molecule has 150 valence electrons. The predicted octanol–water partition coefficient (Wildman–Crippen LogP) is 3.57. The summed E-state index contributed by atoms with van der Waals surface area (Å²) in [6.07, 6.45) is 4.30. The fourth-order valence-electron chi connectivity index (χ4n) is 2.90. The van der Waals surface area contributed by atoms with E-state index in [9.17, 15) is 14.9 Å². The van der Waals surface area contributed by atoms with Crippen molar-refractivity contribution in [3.05, 3.63) is 82.2 Å². The summed E-state index contributed by atoms with van der Waals surface area (Å²) in [5.41, 5.74) is 2.62. The van der Waals surface area contributed by atoms with E-state index in [0.29, 0.717) is 18.7 Å². The minimum atomic E-state index is -0.479. The van der Waals surface area contributed by atoms with Crippen molar-refractivity contribution in [3.63, 3.8) is 0 Å². The maximum atomic E-state index is 12.1. The van der Waals surface area contributed by atoms with Crippen molar-refractivity contribution < 1.29 is 9.72 Å². The second-order valence-corrected chi connectivity index (χ2v) is 6.91. The third-order valence-electron chi connectivity index (χ3n) is 4.31. The average molecular weight is 393 g/mol. The van der Waals surface area contributed by atoms with Crippen LogP contribution in [-0.4, -0.2) is 33.2 Å². The largest absolute Gasteiger partial charge is 0.379 e. The summed E-state index contributed by atoms with van der Waals surface area (Å²) >= 11 is 0. The number of hydrogen-bond acceptors (Lipinski definition) is 5. The number of nitrogens with zero attached hydrogens (tertiary/aromatic N) is 3. The van der Waals surface area contributed by atoms with Gasteiger partial charge < -0.3 is 10.6 Å². The normalized spacial score (nSPS) is 10.7. The first-order valence-corrected chi connectivity index (χ1v) is 9.36. The van der Waals surface area contributed by atoms with Crippen LogP contribution in [0.15, 0.2) is 60.9 Å². The van der Waals surface area contributed by atoms with Gasteiger partial charge in [-0.2, -0.15) is 5.10 Å². The van der Waals surface area contributed by atoms with Gasteiger partial charge in [-0.05, 0) is 56.2 Å². The summed E-state index contributed by atoms with van der Waals surface area (Å²) in [6.45, 7) is 4.20. The lowest BCUT2D eigenvalue weighted by Gasteiger charge is -2.11. The molecule has 3 rings (SSSR count). The molecule has 2 aromatic carbocycles. The average Bonchev–Trinajstić information content (AvgIpc) is 3.23. The van der Waals surface area contributed by atoms with Gasteiger partial charge in [-0.15, -0.1) is 0 Å². The van der Waals surface area contributed by atoms with Crippen molar-refractivity contribution in [2.24, 2.45) is 0 Å². The lowest BCUT2D eigenvalue weighted by atomic mass is 10.1. The van der Waals surface area contributed by atoms with Crippen molar-refractivity contribution in [2.75, 3.05) is 11.9 Å². The zero-order valence-electron chi connectivity index (χ0n) is 16.3. The lowest BCUT2D eigenvalue weighted by molar-refractivity contribution is -0.384. The molecule has 1 aromatic heterocycles. The number of carbonyl (C=O) groups is 1. The second-order valence-electron chi connectivity index (χ2n) is 6.91. The molecule has 0 bridgehead atoms. The highest BCUT2D eigenvalue weighted by molar-refractivity contribution is 5.95. The van der Waals surface area contributed by atoms with Crippen LogP contribution in [0.2, 0.25) is 0 Å². The van der Waals surface area contributed by atoms with Crippen molar-refractivity contribution >= 4 is 17.3 Å². The van der Waals surface area contributed by atoms with Gasteiger partial charge in [0.2, 0.25) is 0 Å². The molecule has 8 nitrogen and oxygen atoms in total. The van der Waals surface area contributed by atoms with Gasteiger partial charge in [-0.25, -0.2) is 4.68 Å². The number of anilines is 1. The Morgan fingerprint density at radius 3 is 2.59 bits per heavy atom. The van der Waals surface area contributed by atoms with Gasteiger partial charge in [-0.1, -0.05) is 12.1 Å². The van der Waals surface area contributed by atoms with Crippen LogP contribution in [0.1, 0.15) is 29.8 Å². The van der Waals surface area contributed by atoms with E-state index in [1.807, 2.05) is 50.4 Å². The summed E-state index contributed by atoms with van der Waals surface area (Å²) in [6, 6.07) is 14.3. The van der Waals surface area contributed by atoms with E-state index in [0.717, 1.165) is 11.3 Å². The standard InChI is InChI=1S/C21H23N5O3/c1-15(2)24-21(27)17-6-9-19(20(14-17)26(28)29)22-12-10-16-4-7-18(8-5-16)25-13-3-11-23-25/h3-9,11,13-15,22H,10,12H2,1-2H3,(H,24,27). The van der Waals surface area contributed by atoms with Gasteiger partial charge in [0.05, 0.1) is 10.6 Å². The van der Waals surface area contributed by atoms with E-state index in [1.54, 1.807) is 23.0 Å². The van der Waals surface area contributed by atoms with Crippen LogP contribution in [0.25, 0.3) is 5.69 Å². The Bertz CT molecular complexity index is 982. The molecule has 29 heavy (non-hydrogen) atoms. The molecule has 0 aliphatic heterocycles. The first-order valence-electron chi connectivity index (χ1n) is 9.36. The Labute approximate surface area is 168 Å². The number of nitro groups is 1. The fourth-order valence-corrected chi connectivity index (χ4v) is 2.90. The van der Waals surface area contributed by atoms with E-state index >= 15 is 0 Å². The van der Waals surface area contributed by atoms with Crippen molar-refractivity contribution in [1.29, 1.82) is 0 Å².